The number of anilines is 1. The quantitative estimate of drug-likeness (QED) is 0.628. The van der Waals surface area contributed by atoms with Crippen LogP contribution in [0.15, 0.2) is 46.9 Å². The molecule has 2 aromatic carbocycles. The van der Waals surface area contributed by atoms with Crippen LogP contribution in [0.4, 0.5) is 5.69 Å². The van der Waals surface area contributed by atoms with Crippen LogP contribution < -0.4 is 15.8 Å². The summed E-state index contributed by atoms with van der Waals surface area (Å²) in [5.74, 6) is -0.0104. The molecular formula is C21H23BrClN3O3. The van der Waals surface area contributed by atoms with E-state index in [0.717, 1.165) is 24.9 Å². The fourth-order valence-corrected chi connectivity index (χ4v) is 4.15. The van der Waals surface area contributed by atoms with E-state index in [0.29, 0.717) is 27.5 Å². The van der Waals surface area contributed by atoms with Crippen molar-refractivity contribution >= 4 is 45.0 Å². The van der Waals surface area contributed by atoms with Crippen LogP contribution in [0.1, 0.15) is 25.3 Å². The van der Waals surface area contributed by atoms with E-state index in [9.17, 15) is 9.59 Å². The average molecular weight is 481 g/mol. The molecule has 0 aliphatic carbocycles. The lowest BCUT2D eigenvalue weighted by molar-refractivity contribution is -0.122. The standard InChI is InChI=1S/C21H23BrClN3O3/c1-13(29-19-8-7-15(23)11-17(19)22)21(28)25-16-5-2-4-14(10-16)12-26-9-3-6-18(26)20(24)27/h2,4-5,7-8,10-11,13,18H,3,6,9,12H2,1H3,(H2,24,27)(H,25,28). The Morgan fingerprint density at radius 1 is 1.34 bits per heavy atom. The van der Waals surface area contributed by atoms with Crippen molar-refractivity contribution in [1.82, 2.24) is 4.90 Å². The van der Waals surface area contributed by atoms with Crippen LogP contribution in [0.3, 0.4) is 0 Å². The topological polar surface area (TPSA) is 84.7 Å². The zero-order chi connectivity index (χ0) is 21.0. The van der Waals surface area contributed by atoms with Gasteiger partial charge in [-0.2, -0.15) is 0 Å². The Labute approximate surface area is 183 Å². The first kappa shape index (κ1) is 21.6. The summed E-state index contributed by atoms with van der Waals surface area (Å²) in [6.45, 7) is 3.13. The summed E-state index contributed by atoms with van der Waals surface area (Å²) in [6, 6.07) is 12.5. The van der Waals surface area contributed by atoms with Gasteiger partial charge in [-0.3, -0.25) is 14.5 Å². The van der Waals surface area contributed by atoms with Crippen molar-refractivity contribution in [2.45, 2.75) is 38.5 Å². The van der Waals surface area contributed by atoms with Crippen LogP contribution in [0.5, 0.6) is 5.75 Å². The van der Waals surface area contributed by atoms with Gasteiger partial charge < -0.3 is 15.8 Å². The fraction of sp³-hybridized carbons (Fsp3) is 0.333. The lowest BCUT2D eigenvalue weighted by Gasteiger charge is -2.22. The maximum Gasteiger partial charge on any atom is 0.265 e. The molecule has 154 valence electrons. The number of benzene rings is 2. The van der Waals surface area contributed by atoms with E-state index in [1.54, 1.807) is 25.1 Å². The maximum absolute atomic E-state index is 12.5. The molecule has 1 saturated heterocycles. The second-order valence-electron chi connectivity index (χ2n) is 7.06. The molecule has 2 atom stereocenters. The monoisotopic (exact) mass is 479 g/mol. The van der Waals surface area contributed by atoms with Crippen LogP contribution >= 0.6 is 27.5 Å². The minimum atomic E-state index is -0.700. The second kappa shape index (κ2) is 9.61. The van der Waals surface area contributed by atoms with Gasteiger partial charge >= 0.3 is 0 Å². The number of carbonyl (C=O) groups is 2. The van der Waals surface area contributed by atoms with E-state index in [1.807, 2.05) is 24.3 Å². The Kier molecular flexibility index (Phi) is 7.16. The highest BCUT2D eigenvalue weighted by Crippen LogP contribution is 2.29. The van der Waals surface area contributed by atoms with Gasteiger partial charge in [0.2, 0.25) is 5.91 Å². The highest BCUT2D eigenvalue weighted by Gasteiger charge is 2.28. The number of hydrogen-bond donors (Lipinski definition) is 2. The molecule has 3 N–H and O–H groups in total. The smallest absolute Gasteiger partial charge is 0.265 e. The van der Waals surface area contributed by atoms with Gasteiger partial charge in [0.25, 0.3) is 5.91 Å². The van der Waals surface area contributed by atoms with Crippen molar-refractivity contribution in [3.63, 3.8) is 0 Å². The number of nitrogens with zero attached hydrogens (tertiary/aromatic N) is 1. The van der Waals surface area contributed by atoms with E-state index in [1.165, 1.54) is 0 Å². The number of nitrogens with one attached hydrogen (secondary N) is 1. The number of primary amides is 1. The number of halogens is 2. The van der Waals surface area contributed by atoms with E-state index < -0.39 is 6.10 Å². The summed E-state index contributed by atoms with van der Waals surface area (Å²) < 4.78 is 6.42. The zero-order valence-electron chi connectivity index (χ0n) is 16.0. The number of nitrogens with two attached hydrogens (primary N) is 1. The first-order valence-corrected chi connectivity index (χ1v) is 10.6. The number of hydrogen-bond acceptors (Lipinski definition) is 4. The van der Waals surface area contributed by atoms with Crippen molar-refractivity contribution in [2.75, 3.05) is 11.9 Å². The van der Waals surface area contributed by atoms with Crippen molar-refractivity contribution in [1.29, 1.82) is 0 Å². The predicted octanol–water partition coefficient (Wildman–Crippen LogP) is 3.96. The lowest BCUT2D eigenvalue weighted by Crippen LogP contribution is -2.39. The van der Waals surface area contributed by atoms with E-state index in [4.69, 9.17) is 22.1 Å². The van der Waals surface area contributed by atoms with E-state index in [-0.39, 0.29) is 17.9 Å². The first-order valence-electron chi connectivity index (χ1n) is 9.38. The molecule has 8 heteroatoms. The van der Waals surface area contributed by atoms with E-state index >= 15 is 0 Å². The summed E-state index contributed by atoms with van der Waals surface area (Å²) in [5, 5.41) is 3.46. The molecule has 1 aliphatic heterocycles. The Hall–Kier alpha value is -2.09. The average Bonchev–Trinajstić information content (AvgIpc) is 3.12. The first-order chi connectivity index (χ1) is 13.8. The van der Waals surface area contributed by atoms with Crippen LogP contribution in [-0.2, 0) is 16.1 Å². The van der Waals surface area contributed by atoms with E-state index in [2.05, 4.69) is 26.1 Å². The number of likely N-dealkylation sites (tertiary alicyclic amines) is 1. The molecule has 29 heavy (non-hydrogen) atoms. The number of amides is 2. The molecule has 2 amide bonds. The minimum absolute atomic E-state index is 0.223. The van der Waals surface area contributed by atoms with Crippen molar-refractivity contribution < 1.29 is 14.3 Å². The zero-order valence-corrected chi connectivity index (χ0v) is 18.4. The Bertz CT molecular complexity index is 908. The SMILES string of the molecule is CC(Oc1ccc(Cl)cc1Br)C(=O)Nc1cccc(CN2CCCC2C(N)=O)c1. The number of ether oxygens (including phenoxy) is 1. The Balaban J connectivity index is 1.61. The highest BCUT2D eigenvalue weighted by molar-refractivity contribution is 9.10. The third kappa shape index (κ3) is 5.72. The fourth-order valence-electron chi connectivity index (χ4n) is 3.38. The Morgan fingerprint density at radius 2 is 2.14 bits per heavy atom. The van der Waals surface area contributed by atoms with Gasteiger partial charge in [-0.1, -0.05) is 23.7 Å². The minimum Gasteiger partial charge on any atom is -0.480 e. The predicted molar refractivity (Wildman–Crippen MR) is 117 cm³/mol. The summed E-state index contributed by atoms with van der Waals surface area (Å²) in [5.41, 5.74) is 7.17. The normalized spacial score (nSPS) is 17.7. The van der Waals surface area contributed by atoms with Crippen LogP contribution in [0, 0.1) is 0 Å². The van der Waals surface area contributed by atoms with Gasteiger partial charge in [-0.15, -0.1) is 0 Å². The van der Waals surface area contributed by atoms with Gasteiger partial charge in [0.15, 0.2) is 6.10 Å². The molecule has 1 aliphatic rings. The third-order valence-electron chi connectivity index (χ3n) is 4.84. The molecule has 6 nitrogen and oxygen atoms in total. The van der Waals surface area contributed by atoms with Gasteiger partial charge in [0.05, 0.1) is 10.5 Å². The summed E-state index contributed by atoms with van der Waals surface area (Å²) in [7, 11) is 0. The van der Waals surface area contributed by atoms with Crippen LogP contribution in [0.2, 0.25) is 5.02 Å². The summed E-state index contributed by atoms with van der Waals surface area (Å²) in [6.07, 6.45) is 1.05. The van der Waals surface area contributed by atoms with Gasteiger partial charge in [0.1, 0.15) is 5.75 Å². The molecule has 1 fully saturated rings. The highest BCUT2D eigenvalue weighted by atomic mass is 79.9. The number of carbonyl (C=O) groups excluding carboxylic acids is 2. The van der Waals surface area contributed by atoms with Crippen molar-refractivity contribution in [3.05, 3.63) is 57.5 Å². The second-order valence-corrected chi connectivity index (χ2v) is 8.35. The van der Waals surface area contributed by atoms with Crippen LogP contribution in [0.25, 0.3) is 0 Å². The van der Waals surface area contributed by atoms with Gasteiger partial charge in [-0.25, -0.2) is 0 Å². The third-order valence-corrected chi connectivity index (χ3v) is 5.69. The molecular weight excluding hydrogens is 458 g/mol. The summed E-state index contributed by atoms with van der Waals surface area (Å²) in [4.78, 5) is 26.2. The van der Waals surface area contributed by atoms with Crippen molar-refractivity contribution in [3.8, 4) is 5.75 Å². The summed E-state index contributed by atoms with van der Waals surface area (Å²) >= 11 is 9.31. The molecule has 1 heterocycles. The molecule has 0 bridgehead atoms. The molecule has 2 aromatic rings. The molecule has 2 unspecified atom stereocenters. The van der Waals surface area contributed by atoms with Crippen molar-refractivity contribution in [2.24, 2.45) is 5.73 Å². The van der Waals surface area contributed by atoms with Gasteiger partial charge in [-0.05, 0) is 78.1 Å². The molecule has 0 saturated carbocycles. The molecule has 0 aromatic heterocycles. The largest absolute Gasteiger partial charge is 0.480 e. The maximum atomic E-state index is 12.5. The lowest BCUT2D eigenvalue weighted by atomic mass is 10.1. The van der Waals surface area contributed by atoms with Gasteiger partial charge in [0, 0.05) is 17.3 Å². The Morgan fingerprint density at radius 3 is 2.86 bits per heavy atom. The molecule has 3 rings (SSSR count). The molecule has 0 radical (unpaired) electrons. The number of rotatable bonds is 7. The molecule has 0 spiro atoms. The van der Waals surface area contributed by atoms with Crippen LogP contribution in [-0.4, -0.2) is 35.4 Å².